The van der Waals surface area contributed by atoms with Crippen molar-refractivity contribution in [2.45, 2.75) is 33.2 Å². The summed E-state index contributed by atoms with van der Waals surface area (Å²) in [5.74, 6) is -0.154. The number of rotatable bonds is 5. The lowest BCUT2D eigenvalue weighted by Gasteiger charge is -2.05. The third-order valence-electron chi connectivity index (χ3n) is 2.31. The van der Waals surface area contributed by atoms with E-state index in [1.54, 1.807) is 6.07 Å². The normalized spacial score (nSPS) is 11.6. The van der Waals surface area contributed by atoms with Crippen molar-refractivity contribution in [2.24, 2.45) is 0 Å². The van der Waals surface area contributed by atoms with E-state index in [0.717, 1.165) is 18.5 Å². The molecular formula is C14H20FN. The van der Waals surface area contributed by atoms with Gasteiger partial charge in [0.05, 0.1) is 0 Å². The number of halogens is 1. The first-order chi connectivity index (χ1) is 7.59. The van der Waals surface area contributed by atoms with E-state index in [0.29, 0.717) is 11.6 Å². The first-order valence-electron chi connectivity index (χ1n) is 5.75. The second-order valence-electron chi connectivity index (χ2n) is 4.32. The van der Waals surface area contributed by atoms with Crippen molar-refractivity contribution in [3.63, 3.8) is 0 Å². The largest absolute Gasteiger partial charge is 0.314 e. The number of hydrogen-bond donors (Lipinski definition) is 1. The van der Waals surface area contributed by atoms with Crippen molar-refractivity contribution in [1.29, 1.82) is 0 Å². The van der Waals surface area contributed by atoms with Gasteiger partial charge in [0.15, 0.2) is 0 Å². The number of benzene rings is 1. The summed E-state index contributed by atoms with van der Waals surface area (Å²) in [6.07, 6.45) is 4.78. The molecule has 0 atom stereocenters. The molecule has 2 heteroatoms. The molecule has 0 heterocycles. The zero-order chi connectivity index (χ0) is 12.0. The molecule has 0 aliphatic carbocycles. The van der Waals surface area contributed by atoms with Gasteiger partial charge in [0.25, 0.3) is 0 Å². The van der Waals surface area contributed by atoms with Crippen LogP contribution in [0, 0.1) is 12.7 Å². The monoisotopic (exact) mass is 221 g/mol. The molecule has 88 valence electrons. The maximum Gasteiger partial charge on any atom is 0.130 e. The molecule has 0 aliphatic heterocycles. The van der Waals surface area contributed by atoms with E-state index in [2.05, 4.69) is 19.2 Å². The Kier molecular flexibility index (Phi) is 5.20. The van der Waals surface area contributed by atoms with Crippen molar-refractivity contribution in [3.8, 4) is 0 Å². The van der Waals surface area contributed by atoms with Crippen LogP contribution in [0.25, 0.3) is 6.08 Å². The van der Waals surface area contributed by atoms with Crippen molar-refractivity contribution < 1.29 is 4.39 Å². The molecular weight excluding hydrogens is 201 g/mol. The van der Waals surface area contributed by atoms with Gasteiger partial charge in [-0.2, -0.15) is 0 Å². The van der Waals surface area contributed by atoms with Crippen LogP contribution in [0.3, 0.4) is 0 Å². The molecule has 0 aliphatic rings. The highest BCUT2D eigenvalue weighted by Crippen LogP contribution is 2.11. The van der Waals surface area contributed by atoms with Crippen molar-refractivity contribution in [2.75, 3.05) is 6.54 Å². The SMILES string of the molecule is Cc1ccc(F)c(C=CCCNC(C)C)c1. The molecule has 0 unspecified atom stereocenters. The third kappa shape index (κ3) is 4.58. The summed E-state index contributed by atoms with van der Waals surface area (Å²) in [4.78, 5) is 0. The smallest absolute Gasteiger partial charge is 0.130 e. The van der Waals surface area contributed by atoms with Crippen molar-refractivity contribution in [3.05, 3.63) is 41.2 Å². The van der Waals surface area contributed by atoms with Gasteiger partial charge in [-0.3, -0.25) is 0 Å². The quantitative estimate of drug-likeness (QED) is 0.750. The minimum atomic E-state index is -0.154. The van der Waals surface area contributed by atoms with E-state index < -0.39 is 0 Å². The predicted octanol–water partition coefficient (Wildman–Crippen LogP) is 3.54. The molecule has 1 nitrogen and oxygen atoms in total. The average Bonchev–Trinajstić information content (AvgIpc) is 2.22. The van der Waals surface area contributed by atoms with Gasteiger partial charge in [0.1, 0.15) is 5.82 Å². The fourth-order valence-electron chi connectivity index (χ4n) is 1.46. The van der Waals surface area contributed by atoms with E-state index in [4.69, 9.17) is 0 Å². The van der Waals surface area contributed by atoms with E-state index in [9.17, 15) is 4.39 Å². The molecule has 1 N–H and O–H groups in total. The molecule has 0 saturated carbocycles. The average molecular weight is 221 g/mol. The third-order valence-corrected chi connectivity index (χ3v) is 2.31. The van der Waals surface area contributed by atoms with Gasteiger partial charge in [-0.05, 0) is 32.0 Å². The van der Waals surface area contributed by atoms with Gasteiger partial charge in [0, 0.05) is 11.6 Å². The molecule has 0 fully saturated rings. The Bertz CT molecular complexity index is 356. The fraction of sp³-hybridized carbons (Fsp3) is 0.429. The Balaban J connectivity index is 2.46. The number of aryl methyl sites for hydroxylation is 1. The second kappa shape index (κ2) is 6.44. The van der Waals surface area contributed by atoms with E-state index >= 15 is 0 Å². The lowest BCUT2D eigenvalue weighted by atomic mass is 10.1. The Labute approximate surface area is 97.4 Å². The first-order valence-corrected chi connectivity index (χ1v) is 5.75. The molecule has 1 aromatic carbocycles. The Morgan fingerprint density at radius 1 is 1.38 bits per heavy atom. The van der Waals surface area contributed by atoms with Crippen molar-refractivity contribution in [1.82, 2.24) is 5.32 Å². The molecule has 0 bridgehead atoms. The standard InChI is InChI=1S/C14H20FN/c1-11(2)16-9-5-4-6-13-10-12(3)7-8-14(13)15/h4,6-8,10-11,16H,5,9H2,1-3H3. The predicted molar refractivity (Wildman–Crippen MR) is 67.9 cm³/mol. The Morgan fingerprint density at radius 3 is 2.81 bits per heavy atom. The highest BCUT2D eigenvalue weighted by Gasteiger charge is 1.97. The lowest BCUT2D eigenvalue weighted by molar-refractivity contribution is 0.595. The fourth-order valence-corrected chi connectivity index (χ4v) is 1.46. The van der Waals surface area contributed by atoms with Gasteiger partial charge in [-0.15, -0.1) is 0 Å². The lowest BCUT2D eigenvalue weighted by Crippen LogP contribution is -2.23. The molecule has 1 rings (SSSR count). The van der Waals surface area contributed by atoms with Crippen LogP contribution in [-0.2, 0) is 0 Å². The molecule has 0 aromatic heterocycles. The maximum absolute atomic E-state index is 13.3. The number of hydrogen-bond acceptors (Lipinski definition) is 1. The van der Waals surface area contributed by atoms with E-state index in [1.807, 2.05) is 25.1 Å². The van der Waals surface area contributed by atoms with E-state index in [1.165, 1.54) is 6.07 Å². The summed E-state index contributed by atoms with van der Waals surface area (Å²) >= 11 is 0. The van der Waals surface area contributed by atoms with Gasteiger partial charge >= 0.3 is 0 Å². The van der Waals surface area contributed by atoms with Gasteiger partial charge in [-0.1, -0.05) is 37.6 Å². The summed E-state index contributed by atoms with van der Waals surface area (Å²) in [6.45, 7) is 7.13. The first kappa shape index (κ1) is 12.9. The molecule has 0 saturated heterocycles. The van der Waals surface area contributed by atoms with Crippen LogP contribution in [0.1, 0.15) is 31.4 Å². The maximum atomic E-state index is 13.3. The van der Waals surface area contributed by atoms with Crippen LogP contribution in [0.15, 0.2) is 24.3 Å². The van der Waals surface area contributed by atoms with Crippen LogP contribution in [0.2, 0.25) is 0 Å². The molecule has 0 radical (unpaired) electrons. The minimum Gasteiger partial charge on any atom is -0.314 e. The summed E-state index contributed by atoms with van der Waals surface area (Å²) < 4.78 is 13.3. The minimum absolute atomic E-state index is 0.154. The zero-order valence-corrected chi connectivity index (χ0v) is 10.3. The van der Waals surface area contributed by atoms with Crippen LogP contribution in [0.5, 0.6) is 0 Å². The topological polar surface area (TPSA) is 12.0 Å². The second-order valence-corrected chi connectivity index (χ2v) is 4.32. The van der Waals surface area contributed by atoms with Crippen LogP contribution in [-0.4, -0.2) is 12.6 Å². The van der Waals surface area contributed by atoms with Crippen LogP contribution in [0.4, 0.5) is 4.39 Å². The summed E-state index contributed by atoms with van der Waals surface area (Å²) in [5, 5.41) is 3.31. The van der Waals surface area contributed by atoms with Gasteiger partial charge in [0.2, 0.25) is 0 Å². The highest BCUT2D eigenvalue weighted by atomic mass is 19.1. The molecule has 0 amide bonds. The molecule has 1 aromatic rings. The molecule has 16 heavy (non-hydrogen) atoms. The number of nitrogens with one attached hydrogen (secondary N) is 1. The van der Waals surface area contributed by atoms with Gasteiger partial charge in [-0.25, -0.2) is 4.39 Å². The van der Waals surface area contributed by atoms with Crippen molar-refractivity contribution >= 4 is 6.08 Å². The molecule has 0 spiro atoms. The van der Waals surface area contributed by atoms with Gasteiger partial charge < -0.3 is 5.32 Å². The van der Waals surface area contributed by atoms with Crippen LogP contribution < -0.4 is 5.32 Å². The highest BCUT2D eigenvalue weighted by molar-refractivity contribution is 5.51. The summed E-state index contributed by atoms with van der Waals surface area (Å²) in [7, 11) is 0. The van der Waals surface area contributed by atoms with Crippen LogP contribution >= 0.6 is 0 Å². The Hall–Kier alpha value is -1.15. The zero-order valence-electron chi connectivity index (χ0n) is 10.3. The van der Waals surface area contributed by atoms with E-state index in [-0.39, 0.29) is 5.82 Å². The Morgan fingerprint density at radius 2 is 2.12 bits per heavy atom. The summed E-state index contributed by atoms with van der Waals surface area (Å²) in [6, 6.07) is 5.67. The summed E-state index contributed by atoms with van der Waals surface area (Å²) in [5.41, 5.74) is 1.76.